The highest BCUT2D eigenvalue weighted by Gasteiger charge is 2.36. The number of fused-ring (bicyclic) bond motifs is 1. The number of anilines is 1. The smallest absolute Gasteiger partial charge is 0.249 e. The van der Waals surface area contributed by atoms with E-state index in [-0.39, 0.29) is 24.5 Å². The Kier molecular flexibility index (Phi) is 5.67. The molecule has 4 rings (SSSR count). The van der Waals surface area contributed by atoms with Crippen LogP contribution in [0.3, 0.4) is 0 Å². The lowest BCUT2D eigenvalue weighted by Crippen LogP contribution is -2.34. The van der Waals surface area contributed by atoms with Crippen molar-refractivity contribution in [2.75, 3.05) is 32.3 Å². The molecule has 8 nitrogen and oxygen atoms in total. The first kappa shape index (κ1) is 20.3. The van der Waals surface area contributed by atoms with Crippen molar-refractivity contribution in [3.05, 3.63) is 46.9 Å². The first-order valence-corrected chi connectivity index (χ1v) is 10.1. The van der Waals surface area contributed by atoms with E-state index >= 15 is 0 Å². The number of carbonyl (C=O) groups excluding carboxylic acids is 2. The van der Waals surface area contributed by atoms with Crippen LogP contribution in [0.2, 0.25) is 0 Å². The van der Waals surface area contributed by atoms with Crippen LogP contribution in [0.1, 0.15) is 41.5 Å². The topological polar surface area (TPSA) is 84.9 Å². The van der Waals surface area contributed by atoms with Crippen molar-refractivity contribution in [1.29, 1.82) is 0 Å². The van der Waals surface area contributed by atoms with Crippen LogP contribution in [0.15, 0.2) is 24.3 Å². The van der Waals surface area contributed by atoms with Crippen molar-refractivity contribution in [3.8, 4) is 5.75 Å². The highest BCUT2D eigenvalue weighted by Crippen LogP contribution is 2.35. The van der Waals surface area contributed by atoms with Gasteiger partial charge < -0.3 is 14.4 Å². The average molecular weight is 410 g/mol. The Bertz CT molecular complexity index is 978. The maximum Gasteiger partial charge on any atom is 0.249 e. The second-order valence-electron chi connectivity index (χ2n) is 7.66. The summed E-state index contributed by atoms with van der Waals surface area (Å²) < 4.78 is 10.3. The van der Waals surface area contributed by atoms with Gasteiger partial charge in [0.25, 0.3) is 0 Å². The Morgan fingerprint density at radius 3 is 2.87 bits per heavy atom. The summed E-state index contributed by atoms with van der Waals surface area (Å²) in [6, 6.07) is 7.47. The standard InChI is InChI=1S/C22H26N4O4/c1-14-17-11-19(27)26(12-15-6-4-7-16(10-15)30-3)22(17)24-21(23-14)18-8-5-9-25(18)20(28)13-29-2/h4,6-7,10,18H,5,8-9,11-13H2,1-3H3/t18-/m0/s1. The van der Waals surface area contributed by atoms with Gasteiger partial charge in [0.05, 0.1) is 26.1 Å². The Morgan fingerprint density at radius 2 is 2.10 bits per heavy atom. The molecular formula is C22H26N4O4. The monoisotopic (exact) mass is 410 g/mol. The molecule has 1 fully saturated rings. The second kappa shape index (κ2) is 8.39. The molecule has 0 N–H and O–H groups in total. The van der Waals surface area contributed by atoms with Crippen LogP contribution in [0, 0.1) is 6.92 Å². The fourth-order valence-electron chi connectivity index (χ4n) is 4.20. The molecule has 0 radical (unpaired) electrons. The molecule has 158 valence electrons. The minimum atomic E-state index is -0.189. The second-order valence-corrected chi connectivity index (χ2v) is 7.66. The molecule has 30 heavy (non-hydrogen) atoms. The fraction of sp³-hybridized carbons (Fsp3) is 0.455. The largest absolute Gasteiger partial charge is 0.497 e. The molecule has 1 aromatic carbocycles. The van der Waals surface area contributed by atoms with Crippen molar-refractivity contribution < 1.29 is 19.1 Å². The number of aromatic nitrogens is 2. The number of nitrogens with zero attached hydrogens (tertiary/aromatic N) is 4. The van der Waals surface area contributed by atoms with Crippen LogP contribution in [0.25, 0.3) is 0 Å². The Morgan fingerprint density at radius 1 is 1.27 bits per heavy atom. The Hall–Kier alpha value is -3.00. The zero-order chi connectivity index (χ0) is 21.3. The van der Waals surface area contributed by atoms with E-state index < -0.39 is 0 Å². The van der Waals surface area contributed by atoms with Crippen molar-refractivity contribution >= 4 is 17.6 Å². The van der Waals surface area contributed by atoms with E-state index in [2.05, 4.69) is 4.98 Å². The predicted molar refractivity (Wildman–Crippen MR) is 110 cm³/mol. The number of ether oxygens (including phenoxy) is 2. The van der Waals surface area contributed by atoms with Gasteiger partial charge in [0.2, 0.25) is 11.8 Å². The van der Waals surface area contributed by atoms with Gasteiger partial charge in [0.1, 0.15) is 18.2 Å². The van der Waals surface area contributed by atoms with Gasteiger partial charge in [0.15, 0.2) is 5.82 Å². The van der Waals surface area contributed by atoms with Crippen LogP contribution >= 0.6 is 0 Å². The van der Waals surface area contributed by atoms with Crippen molar-refractivity contribution in [2.24, 2.45) is 0 Å². The van der Waals surface area contributed by atoms with Crippen LogP contribution in [-0.2, 0) is 27.3 Å². The fourth-order valence-corrected chi connectivity index (χ4v) is 4.20. The summed E-state index contributed by atoms with van der Waals surface area (Å²) >= 11 is 0. The number of hydrogen-bond acceptors (Lipinski definition) is 6. The summed E-state index contributed by atoms with van der Waals surface area (Å²) in [7, 11) is 3.14. The van der Waals surface area contributed by atoms with Crippen LogP contribution in [-0.4, -0.2) is 54.1 Å². The quantitative estimate of drug-likeness (QED) is 0.726. The molecule has 1 aromatic heterocycles. The lowest BCUT2D eigenvalue weighted by molar-refractivity contribution is -0.136. The number of aryl methyl sites for hydroxylation is 1. The van der Waals surface area contributed by atoms with Crippen LogP contribution in [0.4, 0.5) is 5.82 Å². The number of carbonyl (C=O) groups is 2. The average Bonchev–Trinajstić information content (AvgIpc) is 3.34. The molecule has 3 heterocycles. The summed E-state index contributed by atoms with van der Waals surface area (Å²) in [6.07, 6.45) is 1.99. The minimum absolute atomic E-state index is 0.00103. The van der Waals surface area contributed by atoms with Gasteiger partial charge in [-0.25, -0.2) is 9.97 Å². The summed E-state index contributed by atoms with van der Waals surface area (Å²) in [6.45, 7) is 3.03. The van der Waals surface area contributed by atoms with E-state index in [0.717, 1.165) is 35.4 Å². The predicted octanol–water partition coefficient (Wildman–Crippen LogP) is 2.19. The molecule has 2 aromatic rings. The number of amides is 2. The number of hydrogen-bond donors (Lipinski definition) is 0. The number of likely N-dealkylation sites (tertiary alicyclic amines) is 1. The molecule has 0 aliphatic carbocycles. The molecule has 0 saturated carbocycles. The number of methoxy groups -OCH3 is 2. The van der Waals surface area contributed by atoms with E-state index in [1.807, 2.05) is 31.2 Å². The highest BCUT2D eigenvalue weighted by atomic mass is 16.5. The van der Waals surface area contributed by atoms with Gasteiger partial charge in [-0.3, -0.25) is 14.5 Å². The first-order chi connectivity index (χ1) is 14.5. The minimum Gasteiger partial charge on any atom is -0.497 e. The molecule has 8 heteroatoms. The third-order valence-electron chi connectivity index (χ3n) is 5.71. The molecule has 2 aliphatic heterocycles. The van der Waals surface area contributed by atoms with Gasteiger partial charge in [0, 0.05) is 24.9 Å². The summed E-state index contributed by atoms with van der Waals surface area (Å²) in [4.78, 5) is 38.2. The van der Waals surface area contributed by atoms with E-state index in [0.29, 0.717) is 31.2 Å². The van der Waals surface area contributed by atoms with E-state index in [9.17, 15) is 9.59 Å². The molecular weight excluding hydrogens is 384 g/mol. The number of benzene rings is 1. The van der Waals surface area contributed by atoms with E-state index in [4.69, 9.17) is 14.5 Å². The van der Waals surface area contributed by atoms with Crippen molar-refractivity contribution in [2.45, 2.75) is 38.8 Å². The third kappa shape index (κ3) is 3.75. The molecule has 2 aliphatic rings. The molecule has 0 spiro atoms. The van der Waals surface area contributed by atoms with E-state index in [1.54, 1.807) is 16.9 Å². The Labute approximate surface area is 175 Å². The normalized spacial score (nSPS) is 18.1. The summed E-state index contributed by atoms with van der Waals surface area (Å²) in [5.41, 5.74) is 2.62. The lowest BCUT2D eigenvalue weighted by Gasteiger charge is -2.25. The summed E-state index contributed by atoms with van der Waals surface area (Å²) in [5.74, 6) is 1.93. The zero-order valence-electron chi connectivity index (χ0n) is 17.6. The van der Waals surface area contributed by atoms with E-state index in [1.165, 1.54) is 7.11 Å². The van der Waals surface area contributed by atoms with Crippen molar-refractivity contribution in [1.82, 2.24) is 14.9 Å². The van der Waals surface area contributed by atoms with Gasteiger partial charge >= 0.3 is 0 Å². The van der Waals surface area contributed by atoms with Gasteiger partial charge in [-0.2, -0.15) is 0 Å². The maximum atomic E-state index is 12.8. The SMILES string of the molecule is COCC(=O)N1CCC[C@H]1c1nc(C)c2c(n1)N(Cc1cccc(OC)c1)C(=O)C2. The first-order valence-electron chi connectivity index (χ1n) is 10.1. The van der Waals surface area contributed by atoms with Gasteiger partial charge in [-0.05, 0) is 37.5 Å². The lowest BCUT2D eigenvalue weighted by atomic mass is 10.1. The number of rotatable bonds is 6. The molecule has 2 amide bonds. The molecule has 0 bridgehead atoms. The van der Waals surface area contributed by atoms with Crippen molar-refractivity contribution in [3.63, 3.8) is 0 Å². The third-order valence-corrected chi connectivity index (χ3v) is 5.71. The molecule has 1 saturated heterocycles. The molecule has 1 atom stereocenters. The summed E-state index contributed by atoms with van der Waals surface area (Å²) in [5, 5.41) is 0. The highest BCUT2D eigenvalue weighted by molar-refractivity contribution is 6.00. The van der Waals surface area contributed by atoms with Gasteiger partial charge in [-0.1, -0.05) is 12.1 Å². The Balaban J connectivity index is 1.65. The zero-order valence-corrected chi connectivity index (χ0v) is 17.6. The van der Waals surface area contributed by atoms with Crippen LogP contribution in [0.5, 0.6) is 5.75 Å². The molecule has 0 unspecified atom stereocenters. The maximum absolute atomic E-state index is 12.8. The van der Waals surface area contributed by atoms with Crippen LogP contribution < -0.4 is 9.64 Å². The van der Waals surface area contributed by atoms with Gasteiger partial charge in [-0.15, -0.1) is 0 Å².